The molecule has 2 aromatic carbocycles. The lowest BCUT2D eigenvalue weighted by Crippen LogP contribution is -2.30. The molecule has 0 aliphatic carbocycles. The first-order chi connectivity index (χ1) is 14.4. The van der Waals surface area contributed by atoms with E-state index in [2.05, 4.69) is 10.2 Å². The molecule has 30 heavy (non-hydrogen) atoms. The predicted molar refractivity (Wildman–Crippen MR) is 112 cm³/mol. The topological polar surface area (TPSA) is 75.8 Å². The quantitative estimate of drug-likeness (QED) is 0.557. The zero-order valence-electron chi connectivity index (χ0n) is 16.8. The average Bonchev–Trinajstić information content (AvgIpc) is 3.19. The van der Waals surface area contributed by atoms with E-state index < -0.39 is 5.60 Å². The standard InChI is InChI=1S/C22H22FN5O2/c1-22(2,29)9-8-14-4-3-5-18-19(14)30-11-10-27(18)20-16-12-15(23)6-7-17(16)28-13-24-26-21(28)25-20/h3-7,12-13,29H,8-11H2,1-2H3. The lowest BCUT2D eigenvalue weighted by molar-refractivity contribution is 0.0712. The number of aromatic nitrogens is 4. The molecule has 1 N–H and O–H groups in total. The van der Waals surface area contributed by atoms with Gasteiger partial charge in [-0.3, -0.25) is 4.40 Å². The molecule has 0 saturated heterocycles. The van der Waals surface area contributed by atoms with E-state index in [1.165, 1.54) is 12.1 Å². The summed E-state index contributed by atoms with van der Waals surface area (Å²) in [7, 11) is 0. The third-order valence-corrected chi connectivity index (χ3v) is 5.38. The number of halogens is 1. The monoisotopic (exact) mass is 407 g/mol. The Balaban J connectivity index is 1.66. The molecule has 4 aromatic rings. The first-order valence-corrected chi connectivity index (χ1v) is 9.94. The van der Waals surface area contributed by atoms with Crippen molar-refractivity contribution in [1.29, 1.82) is 0 Å². The minimum Gasteiger partial charge on any atom is -0.489 e. The zero-order valence-corrected chi connectivity index (χ0v) is 16.8. The first-order valence-electron chi connectivity index (χ1n) is 9.94. The number of rotatable bonds is 4. The van der Waals surface area contributed by atoms with Gasteiger partial charge in [-0.2, -0.15) is 4.98 Å². The highest BCUT2D eigenvalue weighted by atomic mass is 19.1. The van der Waals surface area contributed by atoms with Crippen molar-refractivity contribution >= 4 is 28.2 Å². The van der Waals surface area contributed by atoms with Gasteiger partial charge in [0.15, 0.2) is 0 Å². The highest BCUT2D eigenvalue weighted by molar-refractivity contribution is 5.94. The highest BCUT2D eigenvalue weighted by Gasteiger charge is 2.26. The summed E-state index contributed by atoms with van der Waals surface area (Å²) in [5, 5.41) is 18.9. The van der Waals surface area contributed by atoms with Crippen molar-refractivity contribution in [3.05, 3.63) is 54.1 Å². The number of hydrogen-bond acceptors (Lipinski definition) is 6. The van der Waals surface area contributed by atoms with Crippen LogP contribution in [0.2, 0.25) is 0 Å². The second-order valence-electron chi connectivity index (χ2n) is 8.18. The fraction of sp³-hybridized carbons (Fsp3) is 0.318. The zero-order chi connectivity index (χ0) is 20.9. The number of para-hydroxylation sites is 1. The lowest BCUT2D eigenvalue weighted by atomic mass is 9.97. The summed E-state index contributed by atoms with van der Waals surface area (Å²) in [5.41, 5.74) is 1.92. The molecule has 0 fully saturated rings. The molecule has 1 aliphatic rings. The van der Waals surface area contributed by atoms with Gasteiger partial charge in [0, 0.05) is 5.39 Å². The molecule has 2 aromatic heterocycles. The van der Waals surface area contributed by atoms with Crippen LogP contribution in [-0.2, 0) is 6.42 Å². The molecule has 5 rings (SSSR count). The maximum Gasteiger partial charge on any atom is 0.257 e. The Morgan fingerprint density at radius 3 is 2.93 bits per heavy atom. The molecule has 0 bridgehead atoms. The lowest BCUT2D eigenvalue weighted by Gasteiger charge is -2.32. The Hall–Kier alpha value is -3.26. The van der Waals surface area contributed by atoms with E-state index in [9.17, 15) is 9.50 Å². The molecule has 0 atom stereocenters. The summed E-state index contributed by atoms with van der Waals surface area (Å²) in [4.78, 5) is 6.74. The van der Waals surface area contributed by atoms with E-state index in [-0.39, 0.29) is 5.82 Å². The number of fused-ring (bicyclic) bond motifs is 4. The van der Waals surface area contributed by atoms with Crippen LogP contribution in [0.4, 0.5) is 15.9 Å². The van der Waals surface area contributed by atoms with Gasteiger partial charge in [-0.25, -0.2) is 4.39 Å². The summed E-state index contributed by atoms with van der Waals surface area (Å²) in [6, 6.07) is 10.6. The van der Waals surface area contributed by atoms with Crippen LogP contribution in [-0.4, -0.2) is 43.4 Å². The number of hydrogen-bond donors (Lipinski definition) is 1. The van der Waals surface area contributed by atoms with Gasteiger partial charge in [-0.1, -0.05) is 12.1 Å². The van der Waals surface area contributed by atoms with Crippen LogP contribution in [0, 0.1) is 5.82 Å². The second-order valence-corrected chi connectivity index (χ2v) is 8.18. The van der Waals surface area contributed by atoms with Crippen molar-refractivity contribution in [3.63, 3.8) is 0 Å². The van der Waals surface area contributed by atoms with E-state index in [0.717, 1.165) is 22.5 Å². The van der Waals surface area contributed by atoms with Crippen LogP contribution in [0.5, 0.6) is 5.75 Å². The van der Waals surface area contributed by atoms with Gasteiger partial charge in [-0.05, 0) is 56.5 Å². The third kappa shape index (κ3) is 3.23. The van der Waals surface area contributed by atoms with Crippen LogP contribution in [0.15, 0.2) is 42.7 Å². The van der Waals surface area contributed by atoms with E-state index in [1.807, 2.05) is 23.1 Å². The van der Waals surface area contributed by atoms with Gasteiger partial charge in [0.05, 0.1) is 23.3 Å². The molecular weight excluding hydrogens is 385 g/mol. The van der Waals surface area contributed by atoms with Crippen molar-refractivity contribution < 1.29 is 14.2 Å². The number of aryl methyl sites for hydroxylation is 1. The third-order valence-electron chi connectivity index (χ3n) is 5.38. The average molecular weight is 407 g/mol. The Kier molecular flexibility index (Phi) is 4.32. The highest BCUT2D eigenvalue weighted by Crippen LogP contribution is 2.41. The number of anilines is 2. The van der Waals surface area contributed by atoms with Crippen molar-refractivity contribution in [2.24, 2.45) is 0 Å². The molecule has 0 radical (unpaired) electrons. The Bertz CT molecular complexity index is 1250. The minimum atomic E-state index is -0.759. The fourth-order valence-electron chi connectivity index (χ4n) is 3.90. The van der Waals surface area contributed by atoms with Gasteiger partial charge >= 0.3 is 0 Å². The van der Waals surface area contributed by atoms with Crippen LogP contribution in [0.1, 0.15) is 25.8 Å². The number of benzene rings is 2. The molecule has 7 nitrogen and oxygen atoms in total. The second kappa shape index (κ2) is 6.91. The number of nitrogens with zero attached hydrogens (tertiary/aromatic N) is 5. The maximum atomic E-state index is 14.1. The van der Waals surface area contributed by atoms with E-state index in [0.29, 0.717) is 43.0 Å². The van der Waals surface area contributed by atoms with Crippen molar-refractivity contribution in [1.82, 2.24) is 19.6 Å². The van der Waals surface area contributed by atoms with Gasteiger partial charge in [0.25, 0.3) is 5.78 Å². The molecule has 154 valence electrons. The van der Waals surface area contributed by atoms with E-state index in [4.69, 9.17) is 9.72 Å². The Morgan fingerprint density at radius 1 is 1.23 bits per heavy atom. The first kappa shape index (κ1) is 18.7. The van der Waals surface area contributed by atoms with Crippen LogP contribution < -0.4 is 9.64 Å². The van der Waals surface area contributed by atoms with Gasteiger partial charge < -0.3 is 14.7 Å². The van der Waals surface area contributed by atoms with Crippen LogP contribution in [0.3, 0.4) is 0 Å². The van der Waals surface area contributed by atoms with E-state index in [1.54, 1.807) is 30.6 Å². The summed E-state index contributed by atoms with van der Waals surface area (Å²) >= 11 is 0. The molecular formula is C22H22FN5O2. The predicted octanol–water partition coefficient (Wildman–Crippen LogP) is 3.65. The van der Waals surface area contributed by atoms with Crippen molar-refractivity contribution in [3.8, 4) is 5.75 Å². The van der Waals surface area contributed by atoms with Gasteiger partial charge in [0.2, 0.25) is 0 Å². The van der Waals surface area contributed by atoms with Gasteiger partial charge in [-0.15, -0.1) is 10.2 Å². The summed E-state index contributed by atoms with van der Waals surface area (Å²) < 4.78 is 21.9. The molecule has 3 heterocycles. The van der Waals surface area contributed by atoms with Crippen LogP contribution >= 0.6 is 0 Å². The Labute approximate surface area is 172 Å². The minimum absolute atomic E-state index is 0.328. The summed E-state index contributed by atoms with van der Waals surface area (Å²) in [6.07, 6.45) is 2.88. The van der Waals surface area contributed by atoms with Crippen LogP contribution in [0.25, 0.3) is 16.7 Å². The van der Waals surface area contributed by atoms with E-state index >= 15 is 0 Å². The summed E-state index contributed by atoms with van der Waals surface area (Å²) in [5.74, 6) is 1.52. The molecule has 0 spiro atoms. The SMILES string of the molecule is CC(C)(O)CCc1cccc2c1OCCN2c1nc2nncn2c2ccc(F)cc12. The molecule has 1 aliphatic heterocycles. The molecule has 8 heteroatoms. The number of aliphatic hydroxyl groups is 1. The van der Waals surface area contributed by atoms with Gasteiger partial charge in [0.1, 0.15) is 30.3 Å². The van der Waals surface area contributed by atoms with Crippen molar-refractivity contribution in [2.45, 2.75) is 32.3 Å². The maximum absolute atomic E-state index is 14.1. The fourth-order valence-corrected chi connectivity index (χ4v) is 3.90. The Morgan fingerprint density at radius 2 is 2.10 bits per heavy atom. The number of ether oxygens (including phenoxy) is 1. The van der Waals surface area contributed by atoms with Crippen molar-refractivity contribution in [2.75, 3.05) is 18.1 Å². The molecule has 0 saturated carbocycles. The summed E-state index contributed by atoms with van der Waals surface area (Å²) in [6.45, 7) is 4.65. The molecule has 0 unspecified atom stereocenters. The smallest absolute Gasteiger partial charge is 0.257 e. The molecule has 0 amide bonds. The largest absolute Gasteiger partial charge is 0.489 e. The normalized spacial score (nSPS) is 14.2.